The van der Waals surface area contributed by atoms with Gasteiger partial charge in [-0.15, -0.1) is 0 Å². The highest BCUT2D eigenvalue weighted by Gasteiger charge is 2.40. The smallest absolute Gasteiger partial charge is 0.217 e. The molecule has 2 fully saturated rings. The predicted octanol–water partition coefficient (Wildman–Crippen LogP) is 4.52. The van der Waals surface area contributed by atoms with E-state index in [0.29, 0.717) is 16.0 Å². The first-order chi connectivity index (χ1) is 10.5. The highest BCUT2D eigenvalue weighted by atomic mass is 35.5. The van der Waals surface area contributed by atoms with Gasteiger partial charge in [-0.1, -0.05) is 42.1 Å². The second-order valence-electron chi connectivity index (χ2n) is 6.33. The molecule has 5 heteroatoms. The van der Waals surface area contributed by atoms with E-state index in [9.17, 15) is 4.79 Å². The third-order valence-corrected chi connectivity index (χ3v) is 5.52. The van der Waals surface area contributed by atoms with Gasteiger partial charge < -0.3 is 10.1 Å². The summed E-state index contributed by atoms with van der Waals surface area (Å²) in [5, 5.41) is 4.23. The van der Waals surface area contributed by atoms with Crippen LogP contribution in [0.15, 0.2) is 18.2 Å². The van der Waals surface area contributed by atoms with Crippen LogP contribution in [0.2, 0.25) is 10.0 Å². The predicted molar refractivity (Wildman–Crippen MR) is 88.3 cm³/mol. The molecule has 1 N–H and O–H groups in total. The molecule has 0 radical (unpaired) electrons. The lowest BCUT2D eigenvalue weighted by molar-refractivity contribution is -0.131. The summed E-state index contributed by atoms with van der Waals surface area (Å²) in [6.45, 7) is 1.58. The molecule has 0 unspecified atom stereocenters. The Bertz CT molecular complexity index is 564. The zero-order chi connectivity index (χ0) is 15.7. The second-order valence-corrected chi connectivity index (χ2v) is 7.14. The van der Waals surface area contributed by atoms with Crippen LogP contribution < -0.4 is 5.32 Å². The Hall–Kier alpha value is -0.770. The number of amides is 1. The van der Waals surface area contributed by atoms with Gasteiger partial charge in [0.05, 0.1) is 22.3 Å². The van der Waals surface area contributed by atoms with E-state index in [0.717, 1.165) is 24.8 Å². The molecule has 1 saturated heterocycles. The topological polar surface area (TPSA) is 38.3 Å². The number of carbonyl (C=O) groups is 1. The maximum absolute atomic E-state index is 11.5. The van der Waals surface area contributed by atoms with E-state index < -0.39 is 0 Å². The van der Waals surface area contributed by atoms with Crippen LogP contribution in [-0.2, 0) is 9.53 Å². The van der Waals surface area contributed by atoms with Crippen LogP contribution in [0.1, 0.15) is 50.7 Å². The molecule has 1 aliphatic carbocycles. The Kier molecular flexibility index (Phi) is 4.96. The molecule has 0 aromatic heterocycles. The molecule has 2 aliphatic rings. The Morgan fingerprint density at radius 2 is 2.00 bits per heavy atom. The third-order valence-electron chi connectivity index (χ3n) is 4.78. The molecule has 1 saturated carbocycles. The molecule has 1 amide bonds. The van der Waals surface area contributed by atoms with Crippen molar-refractivity contribution in [3.63, 3.8) is 0 Å². The van der Waals surface area contributed by atoms with Crippen molar-refractivity contribution in [3.05, 3.63) is 33.8 Å². The third kappa shape index (κ3) is 3.42. The number of hydrogen-bond acceptors (Lipinski definition) is 2. The molecule has 120 valence electrons. The molecule has 3 rings (SSSR count). The minimum atomic E-state index is -0.0361. The molecule has 1 heterocycles. The van der Waals surface area contributed by atoms with Gasteiger partial charge in [0, 0.05) is 18.9 Å². The minimum Gasteiger partial charge on any atom is -0.370 e. The first-order valence-electron chi connectivity index (χ1n) is 7.92. The number of carbonyl (C=O) groups excluding carboxylic acids is 1. The maximum atomic E-state index is 11.5. The van der Waals surface area contributed by atoms with Crippen molar-refractivity contribution >= 4 is 29.1 Å². The van der Waals surface area contributed by atoms with Crippen molar-refractivity contribution in [1.82, 2.24) is 5.32 Å². The number of halogens is 2. The van der Waals surface area contributed by atoms with Crippen LogP contribution in [0, 0.1) is 5.92 Å². The van der Waals surface area contributed by atoms with Crippen LogP contribution in [0.4, 0.5) is 0 Å². The fraction of sp³-hybridized carbons (Fsp3) is 0.588. The second kappa shape index (κ2) is 6.77. The van der Waals surface area contributed by atoms with Gasteiger partial charge in [-0.3, -0.25) is 4.79 Å². The van der Waals surface area contributed by atoms with Gasteiger partial charge >= 0.3 is 0 Å². The van der Waals surface area contributed by atoms with Crippen LogP contribution in [-0.4, -0.2) is 18.1 Å². The van der Waals surface area contributed by atoms with E-state index in [1.54, 1.807) is 6.92 Å². The fourth-order valence-electron chi connectivity index (χ4n) is 3.78. The lowest BCUT2D eigenvalue weighted by Crippen LogP contribution is -2.50. The standard InChI is InChI=1S/C17H21Cl2NO2/c1-10(21)20-15-9-17(11-6-7-13(18)14(19)8-11)22-16-5-3-2-4-12(15)16/h6-8,12,15-17H,2-5,9H2,1H3,(H,20,21)/t12-,15+,16+,17+/m0/s1. The Labute approximate surface area is 141 Å². The molecule has 3 nitrogen and oxygen atoms in total. The number of benzene rings is 1. The van der Waals surface area contributed by atoms with Gasteiger partial charge in [-0.05, 0) is 37.0 Å². The van der Waals surface area contributed by atoms with E-state index in [1.807, 2.05) is 18.2 Å². The first kappa shape index (κ1) is 16.1. The van der Waals surface area contributed by atoms with E-state index >= 15 is 0 Å². The average molecular weight is 342 g/mol. The molecule has 1 aromatic carbocycles. The van der Waals surface area contributed by atoms with Crippen LogP contribution in [0.25, 0.3) is 0 Å². The molecule has 22 heavy (non-hydrogen) atoms. The molecular formula is C17H21Cl2NO2. The van der Waals surface area contributed by atoms with Crippen molar-refractivity contribution in [2.24, 2.45) is 5.92 Å². The highest BCUT2D eigenvalue weighted by Crippen LogP contribution is 2.42. The van der Waals surface area contributed by atoms with Crippen LogP contribution >= 0.6 is 23.2 Å². The molecule has 4 atom stereocenters. The fourth-order valence-corrected chi connectivity index (χ4v) is 4.09. The number of rotatable bonds is 2. The largest absolute Gasteiger partial charge is 0.370 e. The molecule has 0 spiro atoms. The quantitative estimate of drug-likeness (QED) is 0.858. The minimum absolute atomic E-state index is 0.0316. The van der Waals surface area contributed by atoms with E-state index in [4.69, 9.17) is 27.9 Å². The van der Waals surface area contributed by atoms with Gasteiger partial charge in [0.2, 0.25) is 5.91 Å². The zero-order valence-electron chi connectivity index (χ0n) is 12.6. The summed E-state index contributed by atoms with van der Waals surface area (Å²) in [5.41, 5.74) is 1.04. The van der Waals surface area contributed by atoms with Gasteiger partial charge in [-0.2, -0.15) is 0 Å². The van der Waals surface area contributed by atoms with Crippen LogP contribution in [0.5, 0.6) is 0 Å². The van der Waals surface area contributed by atoms with E-state index in [-0.39, 0.29) is 24.2 Å². The summed E-state index contributed by atoms with van der Waals surface area (Å²) in [6, 6.07) is 5.83. The van der Waals surface area contributed by atoms with Crippen molar-refractivity contribution in [2.75, 3.05) is 0 Å². The zero-order valence-corrected chi connectivity index (χ0v) is 14.2. The van der Waals surface area contributed by atoms with Crippen molar-refractivity contribution in [3.8, 4) is 0 Å². The van der Waals surface area contributed by atoms with E-state index in [2.05, 4.69) is 5.32 Å². The summed E-state index contributed by atoms with van der Waals surface area (Å²) in [6.07, 6.45) is 5.59. The molecule has 0 bridgehead atoms. The monoisotopic (exact) mass is 341 g/mol. The summed E-state index contributed by atoms with van der Waals surface area (Å²) in [5.74, 6) is 0.459. The van der Waals surface area contributed by atoms with Gasteiger partial charge in [0.15, 0.2) is 0 Å². The molecule has 1 aliphatic heterocycles. The maximum Gasteiger partial charge on any atom is 0.217 e. The van der Waals surface area contributed by atoms with E-state index in [1.165, 1.54) is 12.8 Å². The normalized spacial score (nSPS) is 31.4. The molecule has 1 aromatic rings. The van der Waals surface area contributed by atoms with Gasteiger partial charge in [-0.25, -0.2) is 0 Å². The average Bonchev–Trinajstić information content (AvgIpc) is 2.49. The first-order valence-corrected chi connectivity index (χ1v) is 8.67. The number of hydrogen-bond donors (Lipinski definition) is 1. The number of ether oxygens (including phenoxy) is 1. The Morgan fingerprint density at radius 3 is 2.73 bits per heavy atom. The lowest BCUT2D eigenvalue weighted by Gasteiger charge is -2.45. The Morgan fingerprint density at radius 1 is 1.23 bits per heavy atom. The van der Waals surface area contributed by atoms with Crippen molar-refractivity contribution < 1.29 is 9.53 Å². The summed E-state index contributed by atoms with van der Waals surface area (Å²) < 4.78 is 6.33. The van der Waals surface area contributed by atoms with Crippen molar-refractivity contribution in [2.45, 2.75) is 57.3 Å². The summed E-state index contributed by atoms with van der Waals surface area (Å²) >= 11 is 12.1. The number of fused-ring (bicyclic) bond motifs is 1. The molecular weight excluding hydrogens is 321 g/mol. The Balaban J connectivity index is 1.82. The number of nitrogens with one attached hydrogen (secondary N) is 1. The van der Waals surface area contributed by atoms with Crippen LogP contribution in [0.3, 0.4) is 0 Å². The SMILES string of the molecule is CC(=O)N[C@@H]1C[C@H](c2ccc(Cl)c(Cl)c2)O[C@@H]2CCCC[C@@H]12. The highest BCUT2D eigenvalue weighted by molar-refractivity contribution is 6.42. The summed E-state index contributed by atoms with van der Waals surface area (Å²) in [7, 11) is 0. The van der Waals surface area contributed by atoms with Gasteiger partial charge in [0.1, 0.15) is 0 Å². The lowest BCUT2D eigenvalue weighted by atomic mass is 9.76. The summed E-state index contributed by atoms with van der Waals surface area (Å²) in [4.78, 5) is 11.5. The van der Waals surface area contributed by atoms with Gasteiger partial charge in [0.25, 0.3) is 0 Å². The van der Waals surface area contributed by atoms with Crippen molar-refractivity contribution in [1.29, 1.82) is 0 Å².